The molecule has 5 heteroatoms. The molecular formula is C16H24N2O3. The highest BCUT2D eigenvalue weighted by Crippen LogP contribution is 2.18. The second-order valence-corrected chi connectivity index (χ2v) is 5.58. The fourth-order valence-electron chi connectivity index (χ4n) is 2.06. The summed E-state index contributed by atoms with van der Waals surface area (Å²) in [4.78, 5) is 13.9. The van der Waals surface area contributed by atoms with E-state index in [2.05, 4.69) is 19.2 Å². The Bertz CT molecular complexity index is 457. The highest BCUT2D eigenvalue weighted by atomic mass is 16.5. The van der Waals surface area contributed by atoms with Gasteiger partial charge in [0, 0.05) is 24.8 Å². The highest BCUT2D eigenvalue weighted by molar-refractivity contribution is 5.81. The maximum absolute atomic E-state index is 12.0. The van der Waals surface area contributed by atoms with Crippen molar-refractivity contribution < 1.29 is 14.3 Å². The predicted octanol–water partition coefficient (Wildman–Crippen LogP) is 1.99. The van der Waals surface area contributed by atoms with Gasteiger partial charge >= 0.3 is 0 Å². The fraction of sp³-hybridized carbons (Fsp3) is 0.562. The third-order valence-corrected chi connectivity index (χ3v) is 3.22. The zero-order valence-corrected chi connectivity index (χ0v) is 12.8. The molecule has 1 amide bonds. The normalized spacial score (nSPS) is 15.1. The Morgan fingerprint density at radius 2 is 2.14 bits per heavy atom. The Kier molecular flexibility index (Phi) is 5.87. The minimum atomic E-state index is 0.104. The number of ether oxygens (including phenoxy) is 2. The van der Waals surface area contributed by atoms with Crippen molar-refractivity contribution in [2.24, 2.45) is 5.92 Å². The van der Waals surface area contributed by atoms with Gasteiger partial charge in [-0.05, 0) is 18.1 Å². The quantitative estimate of drug-likeness (QED) is 0.871. The summed E-state index contributed by atoms with van der Waals surface area (Å²) < 4.78 is 10.9. The molecule has 0 aromatic heterocycles. The van der Waals surface area contributed by atoms with Crippen LogP contribution in [0.3, 0.4) is 0 Å². The molecule has 5 nitrogen and oxygen atoms in total. The minimum Gasteiger partial charge on any atom is -0.493 e. The van der Waals surface area contributed by atoms with Gasteiger partial charge in [-0.2, -0.15) is 0 Å². The molecule has 1 aliphatic heterocycles. The lowest BCUT2D eigenvalue weighted by atomic mass is 10.2. The number of hydrogen-bond acceptors (Lipinski definition) is 4. The molecule has 1 N–H and O–H groups in total. The molecule has 0 atom stereocenters. The number of morpholine rings is 1. The summed E-state index contributed by atoms with van der Waals surface area (Å²) in [5.74, 6) is 1.42. The molecule has 2 rings (SSSR count). The van der Waals surface area contributed by atoms with Gasteiger partial charge in [0.25, 0.3) is 0 Å². The van der Waals surface area contributed by atoms with E-state index in [1.807, 2.05) is 29.2 Å². The van der Waals surface area contributed by atoms with E-state index in [1.165, 1.54) is 0 Å². The third kappa shape index (κ3) is 5.27. The zero-order chi connectivity index (χ0) is 15.1. The van der Waals surface area contributed by atoms with Crippen molar-refractivity contribution >= 4 is 11.6 Å². The molecule has 0 bridgehead atoms. The van der Waals surface area contributed by atoms with Crippen molar-refractivity contribution in [3.63, 3.8) is 0 Å². The summed E-state index contributed by atoms with van der Waals surface area (Å²) in [6.45, 7) is 7.83. The van der Waals surface area contributed by atoms with Gasteiger partial charge in [0.1, 0.15) is 5.75 Å². The van der Waals surface area contributed by atoms with E-state index in [0.717, 1.165) is 11.4 Å². The van der Waals surface area contributed by atoms with Gasteiger partial charge in [0.15, 0.2) is 0 Å². The Hall–Kier alpha value is -1.75. The fourth-order valence-corrected chi connectivity index (χ4v) is 2.06. The van der Waals surface area contributed by atoms with E-state index in [-0.39, 0.29) is 5.91 Å². The maximum atomic E-state index is 12.0. The van der Waals surface area contributed by atoms with Crippen molar-refractivity contribution in [2.45, 2.75) is 13.8 Å². The summed E-state index contributed by atoms with van der Waals surface area (Å²) in [7, 11) is 0. The summed E-state index contributed by atoms with van der Waals surface area (Å²) >= 11 is 0. The number of hydrogen-bond donors (Lipinski definition) is 1. The molecule has 0 radical (unpaired) electrons. The molecule has 0 unspecified atom stereocenters. The predicted molar refractivity (Wildman–Crippen MR) is 82.7 cm³/mol. The van der Waals surface area contributed by atoms with Crippen LogP contribution in [0.5, 0.6) is 5.75 Å². The van der Waals surface area contributed by atoms with Gasteiger partial charge < -0.3 is 19.7 Å². The topological polar surface area (TPSA) is 50.8 Å². The standard InChI is InChI=1S/C16H24N2O3/c1-13(2)12-21-15-5-3-4-14(10-15)17-11-16(19)18-6-8-20-9-7-18/h3-5,10,13,17H,6-9,11-12H2,1-2H3. The highest BCUT2D eigenvalue weighted by Gasteiger charge is 2.16. The second kappa shape index (κ2) is 7.88. The van der Waals surface area contributed by atoms with Crippen molar-refractivity contribution in [1.29, 1.82) is 0 Å². The summed E-state index contributed by atoms with van der Waals surface area (Å²) in [5.41, 5.74) is 0.901. The molecule has 116 valence electrons. The first-order valence-electron chi connectivity index (χ1n) is 7.47. The van der Waals surface area contributed by atoms with E-state index in [9.17, 15) is 4.79 Å². The summed E-state index contributed by atoms with van der Waals surface area (Å²) in [6.07, 6.45) is 0. The summed E-state index contributed by atoms with van der Waals surface area (Å²) in [5, 5.41) is 3.16. The zero-order valence-electron chi connectivity index (χ0n) is 12.8. The molecule has 1 aromatic carbocycles. The second-order valence-electron chi connectivity index (χ2n) is 5.58. The van der Waals surface area contributed by atoms with Crippen LogP contribution in [0, 0.1) is 5.92 Å². The number of carbonyl (C=O) groups excluding carboxylic acids is 1. The molecule has 1 aromatic rings. The smallest absolute Gasteiger partial charge is 0.242 e. The van der Waals surface area contributed by atoms with Crippen LogP contribution in [0.2, 0.25) is 0 Å². The largest absolute Gasteiger partial charge is 0.493 e. The lowest BCUT2D eigenvalue weighted by molar-refractivity contribution is -0.133. The van der Waals surface area contributed by atoms with Crippen LogP contribution in [-0.4, -0.2) is 50.3 Å². The van der Waals surface area contributed by atoms with Crippen LogP contribution in [0.1, 0.15) is 13.8 Å². The van der Waals surface area contributed by atoms with E-state index in [1.54, 1.807) is 0 Å². The van der Waals surface area contributed by atoms with Crippen molar-refractivity contribution in [3.05, 3.63) is 24.3 Å². The molecule has 1 heterocycles. The van der Waals surface area contributed by atoms with Crippen LogP contribution < -0.4 is 10.1 Å². The first-order chi connectivity index (χ1) is 10.1. The number of benzene rings is 1. The van der Waals surface area contributed by atoms with Crippen LogP contribution in [-0.2, 0) is 9.53 Å². The molecule has 0 spiro atoms. The van der Waals surface area contributed by atoms with Gasteiger partial charge in [-0.25, -0.2) is 0 Å². The molecule has 21 heavy (non-hydrogen) atoms. The van der Waals surface area contributed by atoms with Gasteiger partial charge in [0.05, 0.1) is 26.4 Å². The maximum Gasteiger partial charge on any atom is 0.242 e. The monoisotopic (exact) mass is 292 g/mol. The Morgan fingerprint density at radius 3 is 2.86 bits per heavy atom. The van der Waals surface area contributed by atoms with Crippen LogP contribution >= 0.6 is 0 Å². The van der Waals surface area contributed by atoms with Gasteiger partial charge in [0.2, 0.25) is 5.91 Å². The van der Waals surface area contributed by atoms with Crippen LogP contribution in [0.25, 0.3) is 0 Å². The van der Waals surface area contributed by atoms with Gasteiger partial charge in [-0.1, -0.05) is 19.9 Å². The van der Waals surface area contributed by atoms with Crippen LogP contribution in [0.15, 0.2) is 24.3 Å². The number of rotatable bonds is 6. The number of nitrogens with zero attached hydrogens (tertiary/aromatic N) is 1. The van der Waals surface area contributed by atoms with Crippen molar-refractivity contribution in [2.75, 3.05) is 44.8 Å². The van der Waals surface area contributed by atoms with E-state index in [4.69, 9.17) is 9.47 Å². The summed E-state index contributed by atoms with van der Waals surface area (Å²) in [6, 6.07) is 7.72. The minimum absolute atomic E-state index is 0.104. The van der Waals surface area contributed by atoms with E-state index >= 15 is 0 Å². The Morgan fingerprint density at radius 1 is 1.38 bits per heavy atom. The molecule has 1 saturated heterocycles. The molecule has 0 saturated carbocycles. The number of nitrogens with one attached hydrogen (secondary N) is 1. The number of amides is 1. The van der Waals surface area contributed by atoms with Crippen LogP contribution in [0.4, 0.5) is 5.69 Å². The van der Waals surface area contributed by atoms with Crippen molar-refractivity contribution in [1.82, 2.24) is 4.90 Å². The van der Waals surface area contributed by atoms with Gasteiger partial charge in [-0.15, -0.1) is 0 Å². The molecule has 1 aliphatic rings. The van der Waals surface area contributed by atoms with E-state index in [0.29, 0.717) is 45.4 Å². The average Bonchev–Trinajstić information content (AvgIpc) is 2.52. The molecule has 0 aliphatic carbocycles. The van der Waals surface area contributed by atoms with E-state index < -0.39 is 0 Å². The van der Waals surface area contributed by atoms with Gasteiger partial charge in [-0.3, -0.25) is 4.79 Å². The van der Waals surface area contributed by atoms with Crippen molar-refractivity contribution in [3.8, 4) is 5.75 Å². The number of carbonyl (C=O) groups is 1. The first-order valence-corrected chi connectivity index (χ1v) is 7.47. The lowest BCUT2D eigenvalue weighted by Gasteiger charge is -2.27. The Labute approximate surface area is 126 Å². The first kappa shape index (κ1) is 15.6. The Balaban J connectivity index is 1.82. The third-order valence-electron chi connectivity index (χ3n) is 3.22. The average molecular weight is 292 g/mol. The molecule has 1 fully saturated rings. The SMILES string of the molecule is CC(C)COc1cccc(NCC(=O)N2CCOCC2)c1. The lowest BCUT2D eigenvalue weighted by Crippen LogP contribution is -2.43. The molecular weight excluding hydrogens is 268 g/mol. The number of anilines is 1.